The van der Waals surface area contributed by atoms with E-state index < -0.39 is 34.6 Å². The number of aliphatic hydroxyl groups is 1. The normalized spacial score (nSPS) is 21.8. The Morgan fingerprint density at radius 2 is 1.70 bits per heavy atom. The number of carbonyl (C=O) groups is 1. The third-order valence-corrected chi connectivity index (χ3v) is 7.44. The molecule has 1 aliphatic rings. The van der Waals surface area contributed by atoms with Gasteiger partial charge in [-0.25, -0.2) is 13.1 Å². The minimum absolute atomic E-state index is 0.0674. The predicted molar refractivity (Wildman–Crippen MR) is 140 cm³/mol. The topological polar surface area (TPSA) is 114 Å². The number of benzene rings is 3. The van der Waals surface area contributed by atoms with Crippen molar-refractivity contribution in [2.45, 2.75) is 35.9 Å². The van der Waals surface area contributed by atoms with Gasteiger partial charge in [-0.15, -0.1) is 6.58 Å². The molecular weight excluding hydrogens is 492 g/mol. The number of aliphatic hydroxyl groups excluding tert-OH is 1. The van der Waals surface area contributed by atoms with Crippen molar-refractivity contribution in [2.24, 2.45) is 0 Å². The van der Waals surface area contributed by atoms with E-state index in [9.17, 15) is 18.3 Å². The van der Waals surface area contributed by atoms with E-state index in [4.69, 9.17) is 9.47 Å². The summed E-state index contributed by atoms with van der Waals surface area (Å²) in [6, 6.07) is 24.0. The van der Waals surface area contributed by atoms with Crippen LogP contribution < -0.4 is 10.0 Å². The van der Waals surface area contributed by atoms with Gasteiger partial charge in [0, 0.05) is 18.5 Å². The van der Waals surface area contributed by atoms with Crippen LogP contribution in [0.1, 0.15) is 16.8 Å². The van der Waals surface area contributed by atoms with Crippen molar-refractivity contribution in [1.29, 1.82) is 0 Å². The Labute approximate surface area is 217 Å². The molecule has 37 heavy (non-hydrogen) atoms. The van der Waals surface area contributed by atoms with Gasteiger partial charge in [0.1, 0.15) is 6.04 Å². The van der Waals surface area contributed by atoms with Gasteiger partial charge in [0.2, 0.25) is 10.0 Å². The van der Waals surface area contributed by atoms with Gasteiger partial charge >= 0.3 is 0 Å². The van der Waals surface area contributed by atoms with Crippen molar-refractivity contribution in [3.8, 4) is 11.1 Å². The predicted octanol–water partition coefficient (Wildman–Crippen LogP) is 3.11. The van der Waals surface area contributed by atoms with E-state index in [0.29, 0.717) is 5.56 Å². The smallest absolute Gasteiger partial charge is 0.251 e. The van der Waals surface area contributed by atoms with Crippen molar-refractivity contribution in [3.05, 3.63) is 103 Å². The van der Waals surface area contributed by atoms with E-state index in [0.717, 1.165) is 11.1 Å². The zero-order valence-electron chi connectivity index (χ0n) is 20.2. The average Bonchev–Trinajstić information content (AvgIpc) is 2.93. The summed E-state index contributed by atoms with van der Waals surface area (Å²) in [7, 11) is -3.75. The van der Waals surface area contributed by atoms with Crippen LogP contribution in [0, 0.1) is 0 Å². The second kappa shape index (κ2) is 12.3. The Balaban J connectivity index is 1.44. The van der Waals surface area contributed by atoms with Crippen LogP contribution in [0.15, 0.2) is 102 Å². The number of sulfonamides is 1. The number of carbonyl (C=O) groups excluding carboxylic acids is 1. The molecule has 3 N–H and O–H groups in total. The first kappa shape index (κ1) is 26.7. The summed E-state index contributed by atoms with van der Waals surface area (Å²) in [5, 5.41) is 13.7. The monoisotopic (exact) mass is 522 g/mol. The molecule has 4 atom stereocenters. The van der Waals surface area contributed by atoms with Crippen LogP contribution in [-0.2, 0) is 19.5 Å². The zero-order valence-corrected chi connectivity index (χ0v) is 21.0. The lowest BCUT2D eigenvalue weighted by molar-refractivity contribution is -0.223. The average molecular weight is 523 g/mol. The number of rotatable bonds is 10. The van der Waals surface area contributed by atoms with Crippen LogP contribution in [0.25, 0.3) is 11.1 Å². The maximum absolute atomic E-state index is 13.1. The number of hydrogen-bond donors (Lipinski definition) is 3. The quantitative estimate of drug-likeness (QED) is 0.353. The molecule has 4 unspecified atom stereocenters. The van der Waals surface area contributed by atoms with E-state index in [1.165, 1.54) is 18.2 Å². The van der Waals surface area contributed by atoms with Crippen LogP contribution in [0.3, 0.4) is 0 Å². The highest BCUT2D eigenvalue weighted by Crippen LogP contribution is 2.24. The molecule has 9 heteroatoms. The third kappa shape index (κ3) is 6.91. The van der Waals surface area contributed by atoms with Crippen LogP contribution in [0.4, 0.5) is 0 Å². The lowest BCUT2D eigenvalue weighted by atomic mass is 9.98. The molecule has 1 fully saturated rings. The Bertz CT molecular complexity index is 1300. The zero-order chi connectivity index (χ0) is 26.3. The van der Waals surface area contributed by atoms with Gasteiger partial charge in [-0.3, -0.25) is 4.79 Å². The molecule has 0 bridgehead atoms. The molecule has 0 radical (unpaired) electrons. The SMILES string of the molecule is C=CCOC1OC(CNS(=O)(=O)c2ccccc2)CC(O)C1NC(=O)c1cccc(-c2ccccc2)c1. The molecule has 3 aromatic rings. The van der Waals surface area contributed by atoms with E-state index in [-0.39, 0.29) is 30.4 Å². The number of ether oxygens (including phenoxy) is 2. The molecule has 0 saturated carbocycles. The highest BCUT2D eigenvalue weighted by atomic mass is 32.2. The summed E-state index contributed by atoms with van der Waals surface area (Å²) in [6.07, 6.45) is -1.08. The molecule has 194 valence electrons. The first-order valence-electron chi connectivity index (χ1n) is 11.9. The van der Waals surface area contributed by atoms with Crippen LogP contribution in [-0.4, -0.2) is 57.1 Å². The van der Waals surface area contributed by atoms with Gasteiger partial charge < -0.3 is 19.9 Å². The van der Waals surface area contributed by atoms with Crippen LogP contribution >= 0.6 is 0 Å². The molecule has 4 rings (SSSR count). The second-order valence-corrected chi connectivity index (χ2v) is 10.4. The molecule has 0 spiro atoms. The Morgan fingerprint density at radius 3 is 2.41 bits per heavy atom. The lowest BCUT2D eigenvalue weighted by Gasteiger charge is -2.39. The molecule has 3 aromatic carbocycles. The Hall–Kier alpha value is -3.34. The molecule has 0 aromatic heterocycles. The summed E-state index contributed by atoms with van der Waals surface area (Å²) < 4.78 is 39.3. The van der Waals surface area contributed by atoms with E-state index in [1.54, 1.807) is 36.4 Å². The molecule has 1 saturated heterocycles. The molecule has 1 aliphatic heterocycles. The van der Waals surface area contributed by atoms with E-state index in [1.807, 2.05) is 36.4 Å². The van der Waals surface area contributed by atoms with Gasteiger partial charge in [-0.05, 0) is 35.4 Å². The Morgan fingerprint density at radius 1 is 1.03 bits per heavy atom. The fraction of sp³-hybridized carbons (Fsp3) is 0.250. The summed E-state index contributed by atoms with van der Waals surface area (Å²) in [4.78, 5) is 13.2. The maximum atomic E-state index is 13.1. The lowest BCUT2D eigenvalue weighted by Crippen LogP contribution is -2.59. The fourth-order valence-electron chi connectivity index (χ4n) is 4.12. The third-order valence-electron chi connectivity index (χ3n) is 6.00. The summed E-state index contributed by atoms with van der Waals surface area (Å²) in [5.41, 5.74) is 2.29. The van der Waals surface area contributed by atoms with Crippen molar-refractivity contribution < 1.29 is 27.8 Å². The Kier molecular flexibility index (Phi) is 8.86. The van der Waals surface area contributed by atoms with Crippen molar-refractivity contribution >= 4 is 15.9 Å². The van der Waals surface area contributed by atoms with Gasteiger partial charge in [0.15, 0.2) is 6.29 Å². The van der Waals surface area contributed by atoms with Gasteiger partial charge in [-0.2, -0.15) is 0 Å². The number of nitrogens with one attached hydrogen (secondary N) is 2. The van der Waals surface area contributed by atoms with Crippen molar-refractivity contribution in [1.82, 2.24) is 10.0 Å². The van der Waals surface area contributed by atoms with Crippen molar-refractivity contribution in [2.75, 3.05) is 13.2 Å². The molecule has 0 aliphatic carbocycles. The number of amides is 1. The van der Waals surface area contributed by atoms with Gasteiger partial charge in [0.25, 0.3) is 5.91 Å². The van der Waals surface area contributed by atoms with E-state index in [2.05, 4.69) is 16.6 Å². The minimum atomic E-state index is -3.75. The largest absolute Gasteiger partial charge is 0.391 e. The highest BCUT2D eigenvalue weighted by molar-refractivity contribution is 7.89. The first-order chi connectivity index (χ1) is 17.9. The van der Waals surface area contributed by atoms with E-state index >= 15 is 0 Å². The maximum Gasteiger partial charge on any atom is 0.251 e. The summed E-state index contributed by atoms with van der Waals surface area (Å²) in [6.45, 7) is 3.69. The highest BCUT2D eigenvalue weighted by Gasteiger charge is 2.40. The van der Waals surface area contributed by atoms with Crippen LogP contribution in [0.2, 0.25) is 0 Å². The molecule has 1 heterocycles. The molecular formula is C28H30N2O6S. The minimum Gasteiger partial charge on any atom is -0.391 e. The first-order valence-corrected chi connectivity index (χ1v) is 13.4. The standard InChI is InChI=1S/C28H30N2O6S/c1-2-16-35-28-26(30-27(32)22-13-9-12-21(17-22)20-10-5-3-6-11-20)25(31)18-23(36-28)19-29-37(33,34)24-14-7-4-8-15-24/h2-15,17,23,25-26,28-29,31H,1,16,18-19H2,(H,30,32). The van der Waals surface area contributed by atoms with Crippen LogP contribution in [0.5, 0.6) is 0 Å². The summed E-state index contributed by atoms with van der Waals surface area (Å²) in [5.74, 6) is -0.388. The fourth-order valence-corrected chi connectivity index (χ4v) is 5.21. The molecule has 8 nitrogen and oxygen atoms in total. The summed E-state index contributed by atoms with van der Waals surface area (Å²) >= 11 is 0. The number of hydrogen-bond acceptors (Lipinski definition) is 6. The van der Waals surface area contributed by atoms with Gasteiger partial charge in [-0.1, -0.05) is 66.7 Å². The second-order valence-electron chi connectivity index (χ2n) is 8.66. The van der Waals surface area contributed by atoms with Gasteiger partial charge in [0.05, 0.1) is 23.7 Å². The van der Waals surface area contributed by atoms with Crippen molar-refractivity contribution in [3.63, 3.8) is 0 Å². The molecule has 1 amide bonds.